The van der Waals surface area contributed by atoms with Crippen LogP contribution < -0.4 is 4.90 Å². The molecule has 0 saturated heterocycles. The molecule has 3 nitrogen and oxygen atoms in total. The van der Waals surface area contributed by atoms with Gasteiger partial charge in [0, 0.05) is 19.2 Å². The molecule has 2 rings (SSSR count). The average molecular weight is 263 g/mol. The van der Waals surface area contributed by atoms with E-state index in [1.165, 1.54) is 24.0 Å². The lowest BCUT2D eigenvalue weighted by molar-refractivity contribution is 0.680. The fraction of sp³-hybridized carbons (Fsp3) is 0.571. The summed E-state index contributed by atoms with van der Waals surface area (Å²) in [6, 6.07) is 2.18. The van der Waals surface area contributed by atoms with Crippen LogP contribution in [0.25, 0.3) is 10.2 Å². The van der Waals surface area contributed by atoms with Crippen LogP contribution in [0.2, 0.25) is 0 Å². The molecule has 2 aromatic heterocycles. The van der Waals surface area contributed by atoms with E-state index in [0.717, 1.165) is 29.4 Å². The second kappa shape index (κ2) is 6.14. The molecule has 4 heteroatoms. The van der Waals surface area contributed by atoms with E-state index < -0.39 is 0 Å². The Balaban J connectivity index is 2.16. The highest BCUT2D eigenvalue weighted by molar-refractivity contribution is 7.18. The third-order valence-corrected chi connectivity index (χ3v) is 4.04. The molecule has 2 aromatic rings. The van der Waals surface area contributed by atoms with Crippen LogP contribution in [-0.4, -0.2) is 23.1 Å². The fourth-order valence-electron chi connectivity index (χ4n) is 2.10. The quantitative estimate of drug-likeness (QED) is 0.737. The van der Waals surface area contributed by atoms with Crippen molar-refractivity contribution in [3.05, 3.63) is 17.3 Å². The number of aryl methyl sites for hydroxylation is 1. The first-order valence-electron chi connectivity index (χ1n) is 6.72. The zero-order valence-electron chi connectivity index (χ0n) is 11.4. The molecule has 0 spiro atoms. The Labute approximate surface area is 113 Å². The van der Waals surface area contributed by atoms with E-state index in [1.54, 1.807) is 11.3 Å². The van der Waals surface area contributed by atoms with Crippen molar-refractivity contribution >= 4 is 27.4 Å². The van der Waals surface area contributed by atoms with Crippen molar-refractivity contribution in [2.24, 2.45) is 0 Å². The molecule has 98 valence electrons. The Bertz CT molecular complexity index is 507. The van der Waals surface area contributed by atoms with Gasteiger partial charge in [0.2, 0.25) is 0 Å². The second-order valence-electron chi connectivity index (χ2n) is 4.53. The van der Waals surface area contributed by atoms with E-state index in [-0.39, 0.29) is 0 Å². The molecule has 2 heterocycles. The van der Waals surface area contributed by atoms with Gasteiger partial charge in [0.15, 0.2) is 0 Å². The number of hydrogen-bond acceptors (Lipinski definition) is 4. The molecule has 0 radical (unpaired) electrons. The summed E-state index contributed by atoms with van der Waals surface area (Å²) in [4.78, 5) is 11.3. The lowest BCUT2D eigenvalue weighted by Crippen LogP contribution is -2.24. The van der Waals surface area contributed by atoms with Gasteiger partial charge in [0.1, 0.15) is 5.82 Å². The topological polar surface area (TPSA) is 29.0 Å². The lowest BCUT2D eigenvalue weighted by Gasteiger charge is -2.21. The molecular weight excluding hydrogens is 242 g/mol. The highest BCUT2D eigenvalue weighted by Crippen LogP contribution is 2.24. The largest absolute Gasteiger partial charge is 0.357 e. The molecule has 0 fully saturated rings. The van der Waals surface area contributed by atoms with E-state index >= 15 is 0 Å². The summed E-state index contributed by atoms with van der Waals surface area (Å²) in [5.74, 6) is 1.09. The van der Waals surface area contributed by atoms with Gasteiger partial charge in [0.25, 0.3) is 0 Å². The molecule has 0 amide bonds. The van der Waals surface area contributed by atoms with Gasteiger partial charge in [-0.3, -0.25) is 0 Å². The Kier molecular flexibility index (Phi) is 4.53. The van der Waals surface area contributed by atoms with Crippen molar-refractivity contribution in [2.45, 2.75) is 40.0 Å². The number of thiazole rings is 1. The smallest absolute Gasteiger partial charge is 0.130 e. The van der Waals surface area contributed by atoms with Gasteiger partial charge in [-0.05, 0) is 20.3 Å². The maximum Gasteiger partial charge on any atom is 0.130 e. The summed E-state index contributed by atoms with van der Waals surface area (Å²) >= 11 is 1.74. The van der Waals surface area contributed by atoms with Crippen molar-refractivity contribution in [1.29, 1.82) is 0 Å². The summed E-state index contributed by atoms with van der Waals surface area (Å²) < 4.78 is 1.24. The van der Waals surface area contributed by atoms with E-state index in [1.807, 2.05) is 13.1 Å². The molecule has 0 saturated carbocycles. The van der Waals surface area contributed by atoms with Crippen LogP contribution in [0.15, 0.2) is 12.3 Å². The Morgan fingerprint density at radius 1 is 1.28 bits per heavy atom. The average Bonchev–Trinajstić information content (AvgIpc) is 2.74. The summed E-state index contributed by atoms with van der Waals surface area (Å²) in [6.45, 7) is 8.58. The van der Waals surface area contributed by atoms with E-state index in [0.29, 0.717) is 0 Å². The van der Waals surface area contributed by atoms with Crippen LogP contribution in [-0.2, 0) is 0 Å². The number of pyridine rings is 1. The molecule has 0 unspecified atom stereocenters. The Morgan fingerprint density at radius 3 is 2.83 bits per heavy atom. The zero-order valence-corrected chi connectivity index (χ0v) is 12.3. The maximum absolute atomic E-state index is 4.54. The minimum absolute atomic E-state index is 1.01. The lowest BCUT2D eigenvalue weighted by atomic mass is 10.2. The predicted octanol–water partition coefficient (Wildman–Crippen LogP) is 4.02. The van der Waals surface area contributed by atoms with E-state index in [4.69, 9.17) is 0 Å². The molecule has 0 aromatic carbocycles. The minimum Gasteiger partial charge on any atom is -0.357 e. The maximum atomic E-state index is 4.54. The number of aromatic nitrogens is 2. The zero-order chi connectivity index (χ0) is 13.0. The van der Waals surface area contributed by atoms with Gasteiger partial charge in [-0.1, -0.05) is 19.8 Å². The van der Waals surface area contributed by atoms with Crippen molar-refractivity contribution in [1.82, 2.24) is 9.97 Å². The number of nitrogens with zero attached hydrogens (tertiary/aromatic N) is 3. The van der Waals surface area contributed by atoms with Crippen LogP contribution >= 0.6 is 11.3 Å². The summed E-state index contributed by atoms with van der Waals surface area (Å²) in [7, 11) is 0. The molecule has 0 aliphatic heterocycles. The Hall–Kier alpha value is -1.16. The molecule has 0 atom stereocenters. The van der Waals surface area contributed by atoms with Crippen LogP contribution in [0.3, 0.4) is 0 Å². The SMILES string of the molecule is CCCCCN(CC)c1cc2sc(C)nc2cn1. The van der Waals surface area contributed by atoms with Gasteiger partial charge in [-0.15, -0.1) is 11.3 Å². The molecule has 0 bridgehead atoms. The minimum atomic E-state index is 1.01. The van der Waals surface area contributed by atoms with Crippen molar-refractivity contribution in [3.8, 4) is 0 Å². The van der Waals surface area contributed by atoms with Gasteiger partial charge in [0.05, 0.1) is 21.4 Å². The van der Waals surface area contributed by atoms with Gasteiger partial charge in [-0.25, -0.2) is 9.97 Å². The van der Waals surface area contributed by atoms with E-state index in [9.17, 15) is 0 Å². The van der Waals surface area contributed by atoms with Gasteiger partial charge in [-0.2, -0.15) is 0 Å². The van der Waals surface area contributed by atoms with Gasteiger partial charge >= 0.3 is 0 Å². The van der Waals surface area contributed by atoms with Crippen LogP contribution in [0.5, 0.6) is 0 Å². The monoisotopic (exact) mass is 263 g/mol. The molecule has 0 N–H and O–H groups in total. The third-order valence-electron chi connectivity index (χ3n) is 3.10. The molecule has 18 heavy (non-hydrogen) atoms. The fourth-order valence-corrected chi connectivity index (χ4v) is 2.93. The molecule has 0 aliphatic carbocycles. The van der Waals surface area contributed by atoms with Crippen LogP contribution in [0.1, 0.15) is 38.1 Å². The number of unbranched alkanes of at least 4 members (excludes halogenated alkanes) is 2. The first-order chi connectivity index (χ1) is 8.74. The van der Waals surface area contributed by atoms with Gasteiger partial charge < -0.3 is 4.90 Å². The van der Waals surface area contributed by atoms with Crippen molar-refractivity contribution in [3.63, 3.8) is 0 Å². The first-order valence-corrected chi connectivity index (χ1v) is 7.54. The number of rotatable bonds is 6. The highest BCUT2D eigenvalue weighted by Gasteiger charge is 2.08. The van der Waals surface area contributed by atoms with Crippen molar-refractivity contribution in [2.75, 3.05) is 18.0 Å². The predicted molar refractivity (Wildman–Crippen MR) is 79.6 cm³/mol. The standard InChI is InChI=1S/C14H21N3S/c1-4-6-7-8-17(5-2)14-9-13-12(10-15-14)16-11(3)18-13/h9-10H,4-8H2,1-3H3. The number of hydrogen-bond donors (Lipinski definition) is 0. The van der Waals surface area contributed by atoms with E-state index in [2.05, 4.69) is 34.8 Å². The molecule has 0 aliphatic rings. The third kappa shape index (κ3) is 2.99. The van der Waals surface area contributed by atoms with Crippen LogP contribution in [0.4, 0.5) is 5.82 Å². The number of anilines is 1. The highest BCUT2D eigenvalue weighted by atomic mass is 32.1. The molecular formula is C14H21N3S. The summed E-state index contributed by atoms with van der Waals surface area (Å²) in [5.41, 5.74) is 1.02. The number of fused-ring (bicyclic) bond motifs is 1. The van der Waals surface area contributed by atoms with Crippen molar-refractivity contribution < 1.29 is 0 Å². The second-order valence-corrected chi connectivity index (χ2v) is 5.76. The normalized spacial score (nSPS) is 11.1. The Morgan fingerprint density at radius 2 is 2.11 bits per heavy atom. The van der Waals surface area contributed by atoms with Crippen LogP contribution in [0, 0.1) is 6.92 Å². The summed E-state index contributed by atoms with van der Waals surface area (Å²) in [5, 5.41) is 1.11. The summed E-state index contributed by atoms with van der Waals surface area (Å²) in [6.07, 6.45) is 5.69. The first kappa shape index (κ1) is 13.3.